The molecule has 0 spiro atoms. The van der Waals surface area contributed by atoms with Gasteiger partial charge in [-0.3, -0.25) is 19.0 Å². The van der Waals surface area contributed by atoms with Crippen molar-refractivity contribution < 1.29 is 14.4 Å². The smallest absolute Gasteiger partial charge is 0.248 e. The number of anilines is 2. The maximum absolute atomic E-state index is 12.7. The van der Waals surface area contributed by atoms with Crippen LogP contribution in [0.3, 0.4) is 0 Å². The zero-order chi connectivity index (χ0) is 24.2. The second kappa shape index (κ2) is 10.1. The van der Waals surface area contributed by atoms with Gasteiger partial charge in [0.2, 0.25) is 23.7 Å². The van der Waals surface area contributed by atoms with Crippen molar-refractivity contribution in [3.63, 3.8) is 0 Å². The van der Waals surface area contributed by atoms with Gasteiger partial charge in [-0.25, -0.2) is 0 Å². The number of carbonyl (C=O) groups excluding carboxylic acids is 3. The molecule has 0 unspecified atom stereocenters. The normalized spacial score (nSPS) is 13.1. The Balaban J connectivity index is 1.54. The van der Waals surface area contributed by atoms with E-state index in [1.54, 1.807) is 6.07 Å². The van der Waals surface area contributed by atoms with E-state index < -0.39 is 11.8 Å². The summed E-state index contributed by atoms with van der Waals surface area (Å²) in [6.07, 6.45) is 2.15. The fourth-order valence-corrected chi connectivity index (χ4v) is 4.56. The van der Waals surface area contributed by atoms with Gasteiger partial charge in [0.25, 0.3) is 0 Å². The highest BCUT2D eigenvalue weighted by molar-refractivity contribution is 7.99. The minimum absolute atomic E-state index is 0.00536. The minimum atomic E-state index is -0.739. The third-order valence-electron chi connectivity index (χ3n) is 5.19. The predicted molar refractivity (Wildman–Crippen MR) is 131 cm³/mol. The number of rotatable bonds is 8. The molecule has 5 N–H and O–H groups in total. The molecular formula is C22H22ClN7O3S. The van der Waals surface area contributed by atoms with Crippen LogP contribution in [0.5, 0.6) is 0 Å². The van der Waals surface area contributed by atoms with E-state index >= 15 is 0 Å². The van der Waals surface area contributed by atoms with Crippen molar-refractivity contribution >= 4 is 52.7 Å². The first-order valence-corrected chi connectivity index (χ1v) is 11.8. The first kappa shape index (κ1) is 23.6. The van der Waals surface area contributed by atoms with Crippen molar-refractivity contribution in [2.24, 2.45) is 11.5 Å². The van der Waals surface area contributed by atoms with E-state index in [1.165, 1.54) is 30.0 Å². The number of hydrogen-bond donors (Lipinski definition) is 3. The van der Waals surface area contributed by atoms with E-state index in [4.69, 9.17) is 23.1 Å². The van der Waals surface area contributed by atoms with Gasteiger partial charge in [0.1, 0.15) is 0 Å². The molecule has 1 saturated heterocycles. The molecule has 0 aliphatic carbocycles. The number of benzene rings is 2. The quantitative estimate of drug-likeness (QED) is 0.403. The average molecular weight is 500 g/mol. The summed E-state index contributed by atoms with van der Waals surface area (Å²) in [5.41, 5.74) is 11.8. The molecule has 176 valence electrons. The lowest BCUT2D eigenvalue weighted by Crippen LogP contribution is -2.22. The summed E-state index contributed by atoms with van der Waals surface area (Å²) in [6.45, 7) is 1.75. The Morgan fingerprint density at radius 1 is 1.00 bits per heavy atom. The summed E-state index contributed by atoms with van der Waals surface area (Å²) in [7, 11) is 0. The van der Waals surface area contributed by atoms with E-state index in [0.717, 1.165) is 31.6 Å². The lowest BCUT2D eigenvalue weighted by molar-refractivity contribution is -0.113. The molecule has 1 aliphatic heterocycles. The Labute approximate surface area is 204 Å². The molecule has 0 bridgehead atoms. The summed E-state index contributed by atoms with van der Waals surface area (Å²) in [4.78, 5) is 37.9. The number of nitrogens with zero attached hydrogens (tertiary/aromatic N) is 4. The number of aromatic nitrogens is 3. The Morgan fingerprint density at radius 3 is 2.29 bits per heavy atom. The number of nitrogens with one attached hydrogen (secondary N) is 1. The molecular weight excluding hydrogens is 478 g/mol. The van der Waals surface area contributed by atoms with Crippen LogP contribution in [0.4, 0.5) is 11.6 Å². The first-order valence-electron chi connectivity index (χ1n) is 10.5. The Bertz CT molecular complexity index is 1220. The van der Waals surface area contributed by atoms with Gasteiger partial charge in [0.15, 0.2) is 5.16 Å². The number of nitrogens with two attached hydrogens (primary N) is 2. The van der Waals surface area contributed by atoms with Crippen molar-refractivity contribution in [2.75, 3.05) is 29.1 Å². The number of hydrogen-bond acceptors (Lipinski definition) is 7. The van der Waals surface area contributed by atoms with Crippen molar-refractivity contribution in [3.05, 3.63) is 58.6 Å². The molecule has 2 aromatic carbocycles. The van der Waals surface area contributed by atoms with Crippen molar-refractivity contribution in [1.82, 2.24) is 14.8 Å². The summed E-state index contributed by atoms with van der Waals surface area (Å²) in [5.74, 6) is -1.15. The predicted octanol–water partition coefficient (Wildman–Crippen LogP) is 2.45. The first-order chi connectivity index (χ1) is 16.3. The van der Waals surface area contributed by atoms with Gasteiger partial charge in [-0.15, -0.1) is 10.2 Å². The van der Waals surface area contributed by atoms with Gasteiger partial charge >= 0.3 is 0 Å². The van der Waals surface area contributed by atoms with Gasteiger partial charge in [-0.2, -0.15) is 0 Å². The number of amides is 3. The number of carbonyl (C=O) groups is 3. The van der Waals surface area contributed by atoms with Crippen LogP contribution in [-0.2, 0) is 4.79 Å². The Kier molecular flexibility index (Phi) is 7.03. The van der Waals surface area contributed by atoms with Crippen LogP contribution in [0.2, 0.25) is 5.02 Å². The summed E-state index contributed by atoms with van der Waals surface area (Å²) in [5, 5.41) is 12.5. The molecule has 34 heavy (non-hydrogen) atoms. The summed E-state index contributed by atoms with van der Waals surface area (Å²) >= 11 is 7.41. The molecule has 1 aromatic heterocycles. The Hall–Kier alpha value is -3.57. The SMILES string of the molecule is NC(=O)c1cc(NC(=O)CSc2nnc(N3CCCC3)n2-c2cccc(Cl)c2)cc(C(N)=O)c1. The lowest BCUT2D eigenvalue weighted by Gasteiger charge is -2.18. The highest BCUT2D eigenvalue weighted by Crippen LogP contribution is 2.29. The molecule has 3 amide bonds. The zero-order valence-electron chi connectivity index (χ0n) is 18.0. The molecule has 0 saturated carbocycles. The van der Waals surface area contributed by atoms with Crippen molar-refractivity contribution in [1.29, 1.82) is 0 Å². The Morgan fingerprint density at radius 2 is 1.68 bits per heavy atom. The number of halogens is 1. The molecule has 12 heteroatoms. The summed E-state index contributed by atoms with van der Waals surface area (Å²) in [6, 6.07) is 11.4. The second-order valence-corrected chi connectivity index (χ2v) is 9.04. The zero-order valence-corrected chi connectivity index (χ0v) is 19.6. The maximum Gasteiger partial charge on any atom is 0.248 e. The third-order valence-corrected chi connectivity index (χ3v) is 6.35. The van der Waals surface area contributed by atoms with Gasteiger partial charge < -0.3 is 21.7 Å². The highest BCUT2D eigenvalue weighted by Gasteiger charge is 2.23. The summed E-state index contributed by atoms with van der Waals surface area (Å²) < 4.78 is 1.88. The molecule has 3 aromatic rings. The van der Waals surface area contributed by atoms with Crippen LogP contribution in [0.15, 0.2) is 47.6 Å². The molecule has 2 heterocycles. The van der Waals surface area contributed by atoms with Crippen LogP contribution in [0, 0.1) is 0 Å². The van der Waals surface area contributed by atoms with E-state index in [9.17, 15) is 14.4 Å². The van der Waals surface area contributed by atoms with Gasteiger partial charge in [-0.1, -0.05) is 29.4 Å². The molecule has 10 nitrogen and oxygen atoms in total. The van der Waals surface area contributed by atoms with E-state index in [1.807, 2.05) is 22.8 Å². The van der Waals surface area contributed by atoms with E-state index in [-0.39, 0.29) is 28.5 Å². The topological polar surface area (TPSA) is 149 Å². The lowest BCUT2D eigenvalue weighted by atomic mass is 10.1. The molecule has 0 atom stereocenters. The van der Waals surface area contributed by atoms with Crippen molar-refractivity contribution in [3.8, 4) is 5.69 Å². The molecule has 1 aliphatic rings. The largest absolute Gasteiger partial charge is 0.366 e. The number of thioether (sulfide) groups is 1. The van der Waals surface area contributed by atoms with E-state index in [0.29, 0.717) is 16.1 Å². The minimum Gasteiger partial charge on any atom is -0.366 e. The van der Waals surface area contributed by atoms with Crippen LogP contribution in [-0.4, -0.2) is 51.3 Å². The fraction of sp³-hybridized carbons (Fsp3) is 0.227. The van der Waals surface area contributed by atoms with Crippen molar-refractivity contribution in [2.45, 2.75) is 18.0 Å². The van der Waals surface area contributed by atoms with Crippen LogP contribution in [0.25, 0.3) is 5.69 Å². The second-order valence-electron chi connectivity index (χ2n) is 7.66. The highest BCUT2D eigenvalue weighted by atomic mass is 35.5. The molecule has 0 radical (unpaired) electrons. The monoisotopic (exact) mass is 499 g/mol. The van der Waals surface area contributed by atoms with Gasteiger partial charge in [-0.05, 0) is 49.2 Å². The average Bonchev–Trinajstić information content (AvgIpc) is 3.47. The third kappa shape index (κ3) is 5.32. The number of primary amides is 2. The molecule has 1 fully saturated rings. The maximum atomic E-state index is 12.7. The van der Waals surface area contributed by atoms with Crippen LogP contribution in [0.1, 0.15) is 33.6 Å². The molecule has 4 rings (SSSR count). The van der Waals surface area contributed by atoms with Gasteiger partial charge in [0.05, 0.1) is 11.4 Å². The van der Waals surface area contributed by atoms with Crippen LogP contribution < -0.4 is 21.7 Å². The fourth-order valence-electron chi connectivity index (χ4n) is 3.63. The van der Waals surface area contributed by atoms with E-state index in [2.05, 4.69) is 20.4 Å². The standard InChI is InChI=1S/C22H22ClN7O3S/c23-15-4-3-5-17(11-15)30-21(29-6-1-2-7-29)27-28-22(30)34-12-18(31)26-16-9-13(19(24)32)8-14(10-16)20(25)33/h3-5,8-11H,1-2,6-7,12H2,(H2,24,32)(H2,25,33)(H,26,31). The van der Waals surface area contributed by atoms with Crippen LogP contribution >= 0.6 is 23.4 Å². The van der Waals surface area contributed by atoms with Gasteiger partial charge in [0, 0.05) is 34.9 Å².